The van der Waals surface area contributed by atoms with E-state index >= 15 is 0 Å². The van der Waals surface area contributed by atoms with Gasteiger partial charge in [0.25, 0.3) is 0 Å². The fourth-order valence-electron chi connectivity index (χ4n) is 7.47. The Labute approximate surface area is 130 Å². The van der Waals surface area contributed by atoms with Gasteiger partial charge in [0.2, 0.25) is 0 Å². The van der Waals surface area contributed by atoms with Gasteiger partial charge in [0.05, 0.1) is 0 Å². The first-order chi connectivity index (χ1) is 10.2. The summed E-state index contributed by atoms with van der Waals surface area (Å²) in [7, 11) is 0. The molecule has 3 atom stereocenters. The van der Waals surface area contributed by atoms with Crippen LogP contribution >= 0.6 is 0 Å². The number of hydrogen-bond donors (Lipinski definition) is 1. The maximum atomic E-state index is 3.80. The summed E-state index contributed by atoms with van der Waals surface area (Å²) >= 11 is 0. The van der Waals surface area contributed by atoms with Gasteiger partial charge >= 0.3 is 0 Å². The van der Waals surface area contributed by atoms with Gasteiger partial charge in [0.15, 0.2) is 0 Å². The van der Waals surface area contributed by atoms with Gasteiger partial charge in [-0.05, 0) is 93.9 Å². The second-order valence-electron chi connectivity index (χ2n) is 9.37. The van der Waals surface area contributed by atoms with E-state index in [0.717, 1.165) is 35.8 Å². The van der Waals surface area contributed by atoms with Crippen LogP contribution in [0.3, 0.4) is 0 Å². The number of nitrogens with one attached hydrogen (secondary N) is 1. The molecule has 2 nitrogen and oxygen atoms in total. The standard InChI is InChI=1S/C19H32N2/c1-13(21-11-17-3-2-4-20-18(17)12-21)19-8-14-5-15(9-19)7-16(6-14)10-19/h13-18,20H,2-12H2,1H3. The highest BCUT2D eigenvalue weighted by Crippen LogP contribution is 2.62. The van der Waals surface area contributed by atoms with Crippen molar-refractivity contribution < 1.29 is 0 Å². The van der Waals surface area contributed by atoms with Crippen molar-refractivity contribution in [3.63, 3.8) is 0 Å². The zero-order valence-corrected chi connectivity index (χ0v) is 13.7. The maximum absolute atomic E-state index is 3.80. The van der Waals surface area contributed by atoms with Crippen LogP contribution in [0.15, 0.2) is 0 Å². The van der Waals surface area contributed by atoms with E-state index in [1.807, 2.05) is 0 Å². The van der Waals surface area contributed by atoms with Crippen LogP contribution in [0.4, 0.5) is 0 Å². The minimum absolute atomic E-state index is 0.711. The van der Waals surface area contributed by atoms with Crippen molar-refractivity contribution in [3.05, 3.63) is 0 Å². The summed E-state index contributed by atoms with van der Waals surface area (Å²) < 4.78 is 0. The molecule has 0 aromatic heterocycles. The van der Waals surface area contributed by atoms with Crippen molar-refractivity contribution in [1.82, 2.24) is 10.2 Å². The Morgan fingerprint density at radius 1 is 1.00 bits per heavy atom. The van der Waals surface area contributed by atoms with Crippen LogP contribution < -0.4 is 5.32 Å². The Morgan fingerprint density at radius 3 is 2.29 bits per heavy atom. The molecule has 21 heavy (non-hydrogen) atoms. The number of fused-ring (bicyclic) bond motifs is 1. The van der Waals surface area contributed by atoms with Gasteiger partial charge in [-0.25, -0.2) is 0 Å². The normalized spacial score (nSPS) is 53.9. The quantitative estimate of drug-likeness (QED) is 0.839. The van der Waals surface area contributed by atoms with Crippen molar-refractivity contribution in [3.8, 4) is 0 Å². The van der Waals surface area contributed by atoms with E-state index in [0.29, 0.717) is 5.41 Å². The van der Waals surface area contributed by atoms with E-state index in [2.05, 4.69) is 17.1 Å². The number of piperidine rings is 1. The van der Waals surface area contributed by atoms with Gasteiger partial charge in [0.1, 0.15) is 0 Å². The molecule has 4 saturated carbocycles. The molecule has 2 heterocycles. The molecule has 6 rings (SSSR count). The van der Waals surface area contributed by atoms with Gasteiger partial charge in [-0.2, -0.15) is 0 Å². The molecule has 2 heteroatoms. The lowest BCUT2D eigenvalue weighted by Gasteiger charge is -2.60. The summed E-state index contributed by atoms with van der Waals surface area (Å²) in [5, 5.41) is 3.80. The monoisotopic (exact) mass is 288 g/mol. The van der Waals surface area contributed by atoms with E-state index in [1.54, 1.807) is 38.5 Å². The third kappa shape index (κ3) is 2.05. The van der Waals surface area contributed by atoms with Crippen molar-refractivity contribution in [2.24, 2.45) is 29.1 Å². The molecule has 0 amide bonds. The molecule has 4 aliphatic carbocycles. The molecule has 118 valence electrons. The van der Waals surface area contributed by atoms with E-state index in [9.17, 15) is 0 Å². The van der Waals surface area contributed by atoms with Gasteiger partial charge in [-0.3, -0.25) is 4.90 Å². The molecule has 6 aliphatic rings. The van der Waals surface area contributed by atoms with Gasteiger partial charge in [-0.15, -0.1) is 0 Å². The van der Waals surface area contributed by atoms with Crippen LogP contribution in [0.2, 0.25) is 0 Å². The van der Waals surface area contributed by atoms with Crippen molar-refractivity contribution >= 4 is 0 Å². The fraction of sp³-hybridized carbons (Fsp3) is 1.00. The zero-order chi connectivity index (χ0) is 14.0. The number of rotatable bonds is 2. The molecule has 1 N–H and O–H groups in total. The Morgan fingerprint density at radius 2 is 1.67 bits per heavy atom. The van der Waals surface area contributed by atoms with E-state index in [1.165, 1.54) is 32.5 Å². The predicted molar refractivity (Wildman–Crippen MR) is 86.2 cm³/mol. The average molecular weight is 288 g/mol. The largest absolute Gasteiger partial charge is 0.312 e. The van der Waals surface area contributed by atoms with Crippen LogP contribution in [0, 0.1) is 29.1 Å². The Balaban J connectivity index is 1.35. The minimum Gasteiger partial charge on any atom is -0.312 e. The highest BCUT2D eigenvalue weighted by Gasteiger charge is 2.55. The second kappa shape index (κ2) is 4.71. The Bertz CT molecular complexity index is 369. The van der Waals surface area contributed by atoms with E-state index < -0.39 is 0 Å². The number of hydrogen-bond acceptors (Lipinski definition) is 2. The summed E-state index contributed by atoms with van der Waals surface area (Å²) in [6, 6.07) is 1.66. The molecule has 2 saturated heterocycles. The first kappa shape index (κ1) is 13.4. The molecule has 6 fully saturated rings. The smallest absolute Gasteiger partial charge is 0.0235 e. The molecule has 0 radical (unpaired) electrons. The van der Waals surface area contributed by atoms with Crippen molar-refractivity contribution in [2.45, 2.75) is 70.4 Å². The molecule has 3 unspecified atom stereocenters. The van der Waals surface area contributed by atoms with Crippen LogP contribution in [-0.2, 0) is 0 Å². The second-order valence-corrected chi connectivity index (χ2v) is 9.37. The lowest BCUT2D eigenvalue weighted by atomic mass is 9.47. The number of likely N-dealkylation sites (tertiary alicyclic amines) is 1. The maximum Gasteiger partial charge on any atom is 0.0235 e. The van der Waals surface area contributed by atoms with Crippen LogP contribution in [0.5, 0.6) is 0 Å². The third-order valence-electron chi connectivity index (χ3n) is 8.15. The highest BCUT2D eigenvalue weighted by atomic mass is 15.2. The molecule has 0 aromatic carbocycles. The lowest BCUT2D eigenvalue weighted by Crippen LogP contribution is -2.55. The summed E-state index contributed by atoms with van der Waals surface area (Å²) in [6.45, 7) is 6.60. The topological polar surface area (TPSA) is 15.3 Å². The summed E-state index contributed by atoms with van der Waals surface area (Å²) in [6.07, 6.45) is 12.3. The predicted octanol–water partition coefficient (Wildman–Crippen LogP) is 3.28. The van der Waals surface area contributed by atoms with Crippen LogP contribution in [0.25, 0.3) is 0 Å². The van der Waals surface area contributed by atoms with Gasteiger partial charge in [-0.1, -0.05) is 0 Å². The van der Waals surface area contributed by atoms with Crippen LogP contribution in [-0.4, -0.2) is 36.6 Å². The molecule has 4 bridgehead atoms. The Kier molecular flexibility index (Phi) is 3.00. The summed E-state index contributed by atoms with van der Waals surface area (Å²) in [4.78, 5) is 2.90. The summed E-state index contributed by atoms with van der Waals surface area (Å²) in [5.74, 6) is 4.25. The van der Waals surface area contributed by atoms with Crippen molar-refractivity contribution in [1.29, 1.82) is 0 Å². The zero-order valence-electron chi connectivity index (χ0n) is 13.7. The van der Waals surface area contributed by atoms with E-state index in [-0.39, 0.29) is 0 Å². The third-order valence-corrected chi connectivity index (χ3v) is 8.15. The molecular weight excluding hydrogens is 256 g/mol. The summed E-state index contributed by atoms with van der Waals surface area (Å²) in [5.41, 5.74) is 0.711. The highest BCUT2D eigenvalue weighted by molar-refractivity contribution is 5.07. The lowest BCUT2D eigenvalue weighted by molar-refractivity contribution is -0.0936. The van der Waals surface area contributed by atoms with Crippen molar-refractivity contribution in [2.75, 3.05) is 19.6 Å². The van der Waals surface area contributed by atoms with Gasteiger partial charge in [0, 0.05) is 25.2 Å². The molecule has 0 aromatic rings. The fourth-order valence-corrected chi connectivity index (χ4v) is 7.47. The molecule has 0 spiro atoms. The number of nitrogens with zero attached hydrogens (tertiary/aromatic N) is 1. The molecular formula is C19H32N2. The SMILES string of the molecule is CC(N1CC2CCCNC2C1)C12CC3CC(CC(C3)C1)C2. The van der Waals surface area contributed by atoms with E-state index in [4.69, 9.17) is 0 Å². The first-order valence-electron chi connectivity index (χ1n) is 9.69. The van der Waals surface area contributed by atoms with Crippen LogP contribution in [0.1, 0.15) is 58.3 Å². The Hall–Kier alpha value is -0.0800. The average Bonchev–Trinajstić information content (AvgIpc) is 2.88. The minimum atomic E-state index is 0.711. The molecule has 2 aliphatic heterocycles. The van der Waals surface area contributed by atoms with Gasteiger partial charge < -0.3 is 5.32 Å². The first-order valence-corrected chi connectivity index (χ1v) is 9.69.